The lowest BCUT2D eigenvalue weighted by molar-refractivity contribution is -0.123. The zero-order valence-corrected chi connectivity index (χ0v) is 25.0. The molecule has 8 heteroatoms. The van der Waals surface area contributed by atoms with E-state index in [0.717, 1.165) is 42.5 Å². The number of rotatable bonds is 12. The van der Waals surface area contributed by atoms with Crippen molar-refractivity contribution < 1.29 is 28.1 Å². The molecule has 7 nitrogen and oxygen atoms in total. The second kappa shape index (κ2) is 13.5. The number of alkyl halides is 1. The largest absolute Gasteiger partial charge is 0.493 e. The molecule has 2 aliphatic rings. The van der Waals surface area contributed by atoms with Gasteiger partial charge in [0.05, 0.1) is 27.9 Å². The van der Waals surface area contributed by atoms with Gasteiger partial charge in [0, 0.05) is 25.0 Å². The van der Waals surface area contributed by atoms with Crippen molar-refractivity contribution in [3.05, 3.63) is 82.4 Å². The van der Waals surface area contributed by atoms with Gasteiger partial charge in [-0.05, 0) is 84.7 Å². The normalized spacial score (nSPS) is 18.5. The summed E-state index contributed by atoms with van der Waals surface area (Å²) in [5, 5.41) is 3.21. The molecule has 0 saturated carbocycles. The standard InChI is InChI=1S/C34H41FN2O5/c1-22(35)21-42-33-18-28-25(17-32(33)41-4)13-14-37(29(28)15-23-9-12-30(39-2)31(16-23)40-3)20-34(38)36-19-26-11-10-24-7-5-6-8-27(24)26/h5-9,12,16-18,22,26,29H,10-11,13-15,19-21H2,1-4H3,(H,36,38). The molecule has 1 amide bonds. The zero-order chi connectivity index (χ0) is 29.6. The third-order valence-electron chi connectivity index (χ3n) is 8.39. The lowest BCUT2D eigenvalue weighted by Crippen LogP contribution is -2.44. The van der Waals surface area contributed by atoms with Crippen LogP contribution in [0.5, 0.6) is 23.0 Å². The number of fused-ring (bicyclic) bond motifs is 2. The van der Waals surface area contributed by atoms with Crippen molar-refractivity contribution in [2.75, 3.05) is 47.6 Å². The highest BCUT2D eigenvalue weighted by Crippen LogP contribution is 2.40. The predicted octanol–water partition coefficient (Wildman–Crippen LogP) is 5.44. The van der Waals surface area contributed by atoms with Gasteiger partial charge in [-0.25, -0.2) is 4.39 Å². The lowest BCUT2D eigenvalue weighted by Gasteiger charge is -2.37. The average molecular weight is 577 g/mol. The first kappa shape index (κ1) is 29.7. The molecule has 42 heavy (non-hydrogen) atoms. The minimum absolute atomic E-state index is 0.0105. The highest BCUT2D eigenvalue weighted by molar-refractivity contribution is 5.78. The Bertz CT molecular complexity index is 1390. The summed E-state index contributed by atoms with van der Waals surface area (Å²) in [6.07, 6.45) is 2.41. The Kier molecular flexibility index (Phi) is 9.52. The molecule has 1 aliphatic heterocycles. The van der Waals surface area contributed by atoms with E-state index in [4.69, 9.17) is 18.9 Å². The number of hydrogen-bond acceptors (Lipinski definition) is 6. The summed E-state index contributed by atoms with van der Waals surface area (Å²) in [5.74, 6) is 2.77. The van der Waals surface area contributed by atoms with Gasteiger partial charge in [0.1, 0.15) is 12.8 Å². The fourth-order valence-corrected chi connectivity index (χ4v) is 6.23. The fourth-order valence-electron chi connectivity index (χ4n) is 6.23. The number of methoxy groups -OCH3 is 3. The highest BCUT2D eigenvalue weighted by atomic mass is 19.1. The second-order valence-electron chi connectivity index (χ2n) is 11.2. The zero-order valence-electron chi connectivity index (χ0n) is 25.0. The first-order chi connectivity index (χ1) is 20.4. The molecular formula is C34H41FN2O5. The first-order valence-electron chi connectivity index (χ1n) is 14.7. The van der Waals surface area contributed by atoms with Crippen molar-refractivity contribution in [1.82, 2.24) is 10.2 Å². The smallest absolute Gasteiger partial charge is 0.234 e. The molecule has 224 valence electrons. The van der Waals surface area contributed by atoms with E-state index in [9.17, 15) is 9.18 Å². The van der Waals surface area contributed by atoms with Crippen molar-refractivity contribution in [2.24, 2.45) is 0 Å². The quantitative estimate of drug-likeness (QED) is 0.310. The molecule has 0 bridgehead atoms. The van der Waals surface area contributed by atoms with Crippen LogP contribution < -0.4 is 24.3 Å². The minimum atomic E-state index is -1.11. The molecular weight excluding hydrogens is 535 g/mol. The molecule has 3 unspecified atom stereocenters. The number of carbonyl (C=O) groups excluding carboxylic acids is 1. The molecule has 0 aromatic heterocycles. The molecule has 3 aromatic rings. The van der Waals surface area contributed by atoms with Crippen LogP contribution in [0.1, 0.15) is 53.1 Å². The number of carbonyl (C=O) groups is 1. The Labute approximate surface area is 247 Å². The Morgan fingerprint density at radius 2 is 1.69 bits per heavy atom. The maximum absolute atomic E-state index is 13.7. The van der Waals surface area contributed by atoms with Crippen molar-refractivity contribution >= 4 is 5.91 Å². The molecule has 0 radical (unpaired) electrons. The molecule has 0 fully saturated rings. The van der Waals surface area contributed by atoms with Gasteiger partial charge in [-0.3, -0.25) is 9.69 Å². The Morgan fingerprint density at radius 1 is 0.929 bits per heavy atom. The predicted molar refractivity (Wildman–Crippen MR) is 161 cm³/mol. The van der Waals surface area contributed by atoms with Gasteiger partial charge < -0.3 is 24.3 Å². The highest BCUT2D eigenvalue weighted by Gasteiger charge is 2.31. The van der Waals surface area contributed by atoms with Gasteiger partial charge in [0.2, 0.25) is 5.91 Å². The molecule has 1 heterocycles. The van der Waals surface area contributed by atoms with E-state index in [2.05, 4.69) is 34.5 Å². The van der Waals surface area contributed by atoms with E-state index in [0.29, 0.717) is 41.9 Å². The van der Waals surface area contributed by atoms with Crippen LogP contribution in [0.25, 0.3) is 0 Å². The van der Waals surface area contributed by atoms with Crippen LogP contribution in [0, 0.1) is 0 Å². The first-order valence-corrected chi connectivity index (χ1v) is 14.7. The van der Waals surface area contributed by atoms with Gasteiger partial charge in [-0.1, -0.05) is 30.3 Å². The van der Waals surface area contributed by atoms with Crippen LogP contribution in [0.15, 0.2) is 54.6 Å². The second-order valence-corrected chi connectivity index (χ2v) is 11.2. The van der Waals surface area contributed by atoms with Crippen LogP contribution >= 0.6 is 0 Å². The lowest BCUT2D eigenvalue weighted by atomic mass is 9.88. The summed E-state index contributed by atoms with van der Waals surface area (Å²) >= 11 is 0. The number of hydrogen-bond donors (Lipinski definition) is 1. The van der Waals surface area contributed by atoms with Crippen molar-refractivity contribution in [1.29, 1.82) is 0 Å². The summed E-state index contributed by atoms with van der Waals surface area (Å²) in [7, 11) is 4.84. The van der Waals surface area contributed by atoms with E-state index in [-0.39, 0.29) is 25.1 Å². The van der Waals surface area contributed by atoms with Crippen molar-refractivity contribution in [3.8, 4) is 23.0 Å². The van der Waals surface area contributed by atoms with Crippen molar-refractivity contribution in [3.63, 3.8) is 0 Å². The number of ether oxygens (including phenoxy) is 4. The maximum Gasteiger partial charge on any atom is 0.234 e. The van der Waals surface area contributed by atoms with Gasteiger partial charge in [0.15, 0.2) is 23.0 Å². The number of nitrogens with zero attached hydrogens (tertiary/aromatic N) is 1. The third-order valence-corrected chi connectivity index (χ3v) is 8.39. The molecule has 0 spiro atoms. The van der Waals surface area contributed by atoms with E-state index in [1.807, 2.05) is 30.3 Å². The summed E-state index contributed by atoms with van der Waals surface area (Å²) in [6, 6.07) is 18.3. The average Bonchev–Trinajstić information content (AvgIpc) is 3.42. The van der Waals surface area contributed by atoms with E-state index < -0.39 is 6.17 Å². The third kappa shape index (κ3) is 6.65. The monoisotopic (exact) mass is 576 g/mol. The fraction of sp³-hybridized carbons (Fsp3) is 0.441. The van der Waals surface area contributed by atoms with Crippen LogP contribution in [0.4, 0.5) is 4.39 Å². The van der Waals surface area contributed by atoms with Gasteiger partial charge in [0.25, 0.3) is 0 Å². The van der Waals surface area contributed by atoms with Crippen LogP contribution in [0.3, 0.4) is 0 Å². The van der Waals surface area contributed by atoms with Gasteiger partial charge in [-0.2, -0.15) is 0 Å². The Balaban J connectivity index is 1.39. The summed E-state index contributed by atoms with van der Waals surface area (Å²) in [4.78, 5) is 15.6. The SMILES string of the molecule is COc1ccc(CC2c3cc(OCC(C)F)c(OC)cc3CCN2CC(=O)NCC2CCc3ccccc32)cc1OC. The van der Waals surface area contributed by atoms with E-state index >= 15 is 0 Å². The molecule has 5 rings (SSSR count). The summed E-state index contributed by atoms with van der Waals surface area (Å²) in [5.41, 5.74) is 5.97. The van der Waals surface area contributed by atoms with Gasteiger partial charge in [-0.15, -0.1) is 0 Å². The summed E-state index contributed by atoms with van der Waals surface area (Å²) in [6.45, 7) is 3.03. The van der Waals surface area contributed by atoms with Crippen LogP contribution in [-0.4, -0.2) is 64.5 Å². The van der Waals surface area contributed by atoms with Crippen molar-refractivity contribution in [2.45, 2.75) is 50.7 Å². The topological polar surface area (TPSA) is 69.3 Å². The van der Waals surface area contributed by atoms with Crippen LogP contribution in [-0.2, 0) is 24.1 Å². The Morgan fingerprint density at radius 3 is 2.45 bits per heavy atom. The van der Waals surface area contributed by atoms with E-state index in [1.54, 1.807) is 21.3 Å². The van der Waals surface area contributed by atoms with E-state index in [1.165, 1.54) is 18.1 Å². The molecule has 0 saturated heterocycles. The molecule has 3 atom stereocenters. The molecule has 1 N–H and O–H groups in total. The summed E-state index contributed by atoms with van der Waals surface area (Å²) < 4.78 is 36.1. The maximum atomic E-state index is 13.7. The number of benzene rings is 3. The van der Waals surface area contributed by atoms with Crippen LogP contribution in [0.2, 0.25) is 0 Å². The number of aryl methyl sites for hydroxylation is 1. The molecule has 3 aromatic carbocycles. The minimum Gasteiger partial charge on any atom is -0.493 e. The number of halogens is 1. The van der Waals surface area contributed by atoms with Gasteiger partial charge >= 0.3 is 0 Å². The molecule has 1 aliphatic carbocycles. The number of nitrogens with one attached hydrogen (secondary N) is 1. The number of amides is 1. The Hall–Kier alpha value is -3.78.